The second kappa shape index (κ2) is 5.37. The molecule has 3 heteroatoms. The Bertz CT molecular complexity index is 151. The number of aliphatic hydroxyl groups is 1. The molecule has 3 nitrogen and oxygen atoms in total. The molecule has 78 valence electrons. The molecule has 0 aromatic heterocycles. The Morgan fingerprint density at radius 3 is 2.38 bits per heavy atom. The van der Waals surface area contributed by atoms with E-state index in [-0.39, 0.29) is 12.1 Å². The van der Waals surface area contributed by atoms with E-state index >= 15 is 0 Å². The van der Waals surface area contributed by atoms with Crippen LogP contribution >= 0.6 is 0 Å². The van der Waals surface area contributed by atoms with Crippen LogP contribution in [-0.4, -0.2) is 33.6 Å². The number of allylic oxidation sites excluding steroid dienone is 1. The number of rotatable bonds is 5. The largest absolute Gasteiger partial charge is 0.392 e. The fourth-order valence-electron chi connectivity index (χ4n) is 0.875. The Labute approximate surface area is 80.6 Å². The van der Waals surface area contributed by atoms with Gasteiger partial charge in [0, 0.05) is 5.54 Å². The molecular formula is C10H21NO2. The van der Waals surface area contributed by atoms with Gasteiger partial charge in [-0.25, -0.2) is 0 Å². The smallest absolute Gasteiger partial charge is 0.0693 e. The van der Waals surface area contributed by atoms with E-state index < -0.39 is 6.10 Å². The van der Waals surface area contributed by atoms with E-state index in [2.05, 4.69) is 6.58 Å². The second-order valence-corrected chi connectivity index (χ2v) is 4.27. The standard InChI is InChI=1S/C10H21NO2/c1-5-6-7-9(12)8-11(13)10(2,3)4/h5,9,12-13H,1,6-8H2,2-4H3. The molecule has 0 aromatic carbocycles. The van der Waals surface area contributed by atoms with Gasteiger partial charge in [0.15, 0.2) is 0 Å². The van der Waals surface area contributed by atoms with Gasteiger partial charge in [0.1, 0.15) is 0 Å². The summed E-state index contributed by atoms with van der Waals surface area (Å²) in [6.45, 7) is 9.55. The van der Waals surface area contributed by atoms with Crippen molar-refractivity contribution in [2.75, 3.05) is 6.54 Å². The second-order valence-electron chi connectivity index (χ2n) is 4.27. The van der Waals surface area contributed by atoms with Crippen molar-refractivity contribution >= 4 is 0 Å². The molecule has 0 aliphatic rings. The number of nitrogens with zero attached hydrogens (tertiary/aromatic N) is 1. The predicted molar refractivity (Wildman–Crippen MR) is 53.7 cm³/mol. The predicted octanol–water partition coefficient (Wildman–Crippen LogP) is 1.80. The zero-order valence-electron chi connectivity index (χ0n) is 8.82. The SMILES string of the molecule is C=CCCC(O)CN(O)C(C)(C)C. The van der Waals surface area contributed by atoms with Crippen molar-refractivity contribution in [3.05, 3.63) is 12.7 Å². The van der Waals surface area contributed by atoms with Crippen molar-refractivity contribution < 1.29 is 10.3 Å². The molecule has 0 aliphatic carbocycles. The molecule has 0 saturated heterocycles. The van der Waals surface area contributed by atoms with Crippen molar-refractivity contribution in [1.29, 1.82) is 0 Å². The Morgan fingerprint density at radius 2 is 2.00 bits per heavy atom. The van der Waals surface area contributed by atoms with Gasteiger partial charge in [0.2, 0.25) is 0 Å². The summed E-state index contributed by atoms with van der Waals surface area (Å²) < 4.78 is 0. The molecule has 0 radical (unpaired) electrons. The number of β-amino-alcohol motifs (C(OH)–C–C–N with tert-alkyl or cyclic N) is 1. The number of aliphatic hydroxyl groups excluding tert-OH is 1. The first-order valence-corrected chi connectivity index (χ1v) is 4.63. The molecule has 0 spiro atoms. The minimum atomic E-state index is -0.484. The minimum Gasteiger partial charge on any atom is -0.392 e. The normalized spacial score (nSPS) is 14.6. The average molecular weight is 187 g/mol. The third kappa shape index (κ3) is 5.80. The van der Waals surface area contributed by atoms with Gasteiger partial charge in [-0.2, -0.15) is 5.06 Å². The summed E-state index contributed by atoms with van der Waals surface area (Å²) in [5.74, 6) is 0. The van der Waals surface area contributed by atoms with Crippen LogP contribution in [0.25, 0.3) is 0 Å². The van der Waals surface area contributed by atoms with Crippen LogP contribution in [-0.2, 0) is 0 Å². The van der Waals surface area contributed by atoms with E-state index in [1.54, 1.807) is 6.08 Å². The topological polar surface area (TPSA) is 43.7 Å². The lowest BCUT2D eigenvalue weighted by Crippen LogP contribution is -2.43. The molecule has 0 bridgehead atoms. The summed E-state index contributed by atoms with van der Waals surface area (Å²) in [4.78, 5) is 0. The summed E-state index contributed by atoms with van der Waals surface area (Å²) in [7, 11) is 0. The van der Waals surface area contributed by atoms with Gasteiger partial charge in [-0.15, -0.1) is 6.58 Å². The Hall–Kier alpha value is -0.380. The lowest BCUT2D eigenvalue weighted by atomic mass is 10.1. The first-order valence-electron chi connectivity index (χ1n) is 4.63. The van der Waals surface area contributed by atoms with Gasteiger partial charge in [-0.3, -0.25) is 0 Å². The van der Waals surface area contributed by atoms with Crippen molar-refractivity contribution in [3.63, 3.8) is 0 Å². The van der Waals surface area contributed by atoms with Gasteiger partial charge in [0.25, 0.3) is 0 Å². The maximum atomic E-state index is 9.50. The molecule has 13 heavy (non-hydrogen) atoms. The molecule has 0 aromatic rings. The quantitative estimate of drug-likeness (QED) is 0.509. The van der Waals surface area contributed by atoms with E-state index in [0.717, 1.165) is 6.42 Å². The summed E-state index contributed by atoms with van der Waals surface area (Å²) >= 11 is 0. The molecule has 0 saturated carbocycles. The van der Waals surface area contributed by atoms with Gasteiger partial charge < -0.3 is 10.3 Å². The van der Waals surface area contributed by atoms with E-state index in [1.807, 2.05) is 20.8 Å². The summed E-state index contributed by atoms with van der Waals surface area (Å²) in [5.41, 5.74) is -0.310. The average Bonchev–Trinajstić information content (AvgIpc) is 1.99. The van der Waals surface area contributed by atoms with Gasteiger partial charge in [-0.05, 0) is 33.6 Å². The van der Waals surface area contributed by atoms with Crippen LogP contribution in [0, 0.1) is 0 Å². The molecular weight excluding hydrogens is 166 g/mol. The fourth-order valence-corrected chi connectivity index (χ4v) is 0.875. The fraction of sp³-hybridized carbons (Fsp3) is 0.800. The molecule has 2 N–H and O–H groups in total. The van der Waals surface area contributed by atoms with Crippen molar-refractivity contribution in [2.24, 2.45) is 0 Å². The molecule has 0 heterocycles. The first-order chi connectivity index (χ1) is 5.88. The van der Waals surface area contributed by atoms with Crippen LogP contribution in [0.4, 0.5) is 0 Å². The highest BCUT2D eigenvalue weighted by atomic mass is 16.5. The molecule has 0 aliphatic heterocycles. The maximum absolute atomic E-state index is 9.50. The third-order valence-electron chi connectivity index (χ3n) is 1.86. The zero-order valence-corrected chi connectivity index (χ0v) is 8.82. The molecule has 0 rings (SSSR count). The summed E-state index contributed by atoms with van der Waals surface area (Å²) in [5, 5.41) is 20.1. The van der Waals surface area contributed by atoms with Crippen LogP contribution in [0.5, 0.6) is 0 Å². The van der Waals surface area contributed by atoms with E-state index in [1.165, 1.54) is 5.06 Å². The monoisotopic (exact) mass is 187 g/mol. The number of hydrogen-bond donors (Lipinski definition) is 2. The van der Waals surface area contributed by atoms with Crippen LogP contribution in [0.3, 0.4) is 0 Å². The minimum absolute atomic E-state index is 0.289. The Morgan fingerprint density at radius 1 is 1.46 bits per heavy atom. The third-order valence-corrected chi connectivity index (χ3v) is 1.86. The van der Waals surface area contributed by atoms with Crippen molar-refractivity contribution in [1.82, 2.24) is 5.06 Å². The molecule has 0 amide bonds. The molecule has 1 atom stereocenters. The first kappa shape index (κ1) is 12.6. The number of hydrogen-bond acceptors (Lipinski definition) is 3. The van der Waals surface area contributed by atoms with Crippen molar-refractivity contribution in [3.8, 4) is 0 Å². The van der Waals surface area contributed by atoms with Crippen LogP contribution < -0.4 is 0 Å². The van der Waals surface area contributed by atoms with E-state index in [4.69, 9.17) is 0 Å². The Kier molecular flexibility index (Phi) is 5.21. The summed E-state index contributed by atoms with van der Waals surface area (Å²) in [6, 6.07) is 0. The Balaban J connectivity index is 3.77. The van der Waals surface area contributed by atoms with Gasteiger partial charge in [0.05, 0.1) is 12.6 Å². The van der Waals surface area contributed by atoms with Crippen LogP contribution in [0.1, 0.15) is 33.6 Å². The number of hydroxylamine groups is 2. The lowest BCUT2D eigenvalue weighted by Gasteiger charge is -2.30. The molecule has 1 unspecified atom stereocenters. The highest BCUT2D eigenvalue weighted by Gasteiger charge is 2.21. The highest BCUT2D eigenvalue weighted by molar-refractivity contribution is 4.74. The van der Waals surface area contributed by atoms with Crippen LogP contribution in [0.15, 0.2) is 12.7 Å². The van der Waals surface area contributed by atoms with E-state index in [0.29, 0.717) is 6.42 Å². The molecule has 0 fully saturated rings. The zero-order chi connectivity index (χ0) is 10.5. The lowest BCUT2D eigenvalue weighted by molar-refractivity contribution is -0.172. The van der Waals surface area contributed by atoms with Crippen molar-refractivity contribution in [2.45, 2.75) is 45.3 Å². The summed E-state index contributed by atoms with van der Waals surface area (Å²) in [6.07, 6.45) is 2.71. The highest BCUT2D eigenvalue weighted by Crippen LogP contribution is 2.11. The van der Waals surface area contributed by atoms with Crippen LogP contribution in [0.2, 0.25) is 0 Å². The van der Waals surface area contributed by atoms with E-state index in [9.17, 15) is 10.3 Å². The maximum Gasteiger partial charge on any atom is 0.0693 e. The van der Waals surface area contributed by atoms with Gasteiger partial charge >= 0.3 is 0 Å². The van der Waals surface area contributed by atoms with Gasteiger partial charge in [-0.1, -0.05) is 6.08 Å².